The fraction of sp³-hybridized carbons (Fsp3) is 0.441. The first-order valence-corrected chi connectivity index (χ1v) is 14.9. The summed E-state index contributed by atoms with van der Waals surface area (Å²) in [6.45, 7) is 4.22. The van der Waals surface area contributed by atoms with Crippen molar-refractivity contribution in [2.24, 2.45) is 5.92 Å². The molecule has 3 aromatic carbocycles. The van der Waals surface area contributed by atoms with Crippen LogP contribution in [0.1, 0.15) is 29.0 Å². The van der Waals surface area contributed by atoms with E-state index in [1.807, 2.05) is 66.7 Å². The van der Waals surface area contributed by atoms with Crippen molar-refractivity contribution in [1.29, 1.82) is 0 Å². The third-order valence-electron chi connectivity index (χ3n) is 8.19. The van der Waals surface area contributed by atoms with Gasteiger partial charge in [0.15, 0.2) is 0 Å². The Morgan fingerprint density at radius 3 is 2.53 bits per heavy atom. The number of anilines is 1. The lowest BCUT2D eigenvalue weighted by molar-refractivity contribution is -0.0521. The van der Waals surface area contributed by atoms with E-state index in [1.54, 1.807) is 19.1 Å². The van der Waals surface area contributed by atoms with E-state index in [-0.39, 0.29) is 31.2 Å². The van der Waals surface area contributed by atoms with E-state index in [0.29, 0.717) is 32.9 Å². The molecule has 1 amide bonds. The van der Waals surface area contributed by atoms with Crippen molar-refractivity contribution in [2.45, 2.75) is 31.7 Å². The Kier molecular flexibility index (Phi) is 10.8. The highest BCUT2D eigenvalue weighted by Crippen LogP contribution is 2.37. The lowest BCUT2D eigenvalue weighted by atomic mass is 9.79. The molecule has 1 saturated heterocycles. The zero-order valence-electron chi connectivity index (χ0n) is 25.0. The first-order valence-electron chi connectivity index (χ1n) is 14.9. The lowest BCUT2D eigenvalue weighted by Crippen LogP contribution is -2.52. The molecular weight excluding hydrogens is 548 g/mol. The SMILES string of the molecule is COCCCN1CCOc2ccc(CO[C@H]3CN(C(=O)OCc4ccccc4)C[C@@H](CO)[C@@H]3c3ccc(OC)cc3)cc21. The number of amides is 1. The van der Waals surface area contributed by atoms with Crippen LogP contribution >= 0.6 is 0 Å². The smallest absolute Gasteiger partial charge is 0.410 e. The summed E-state index contributed by atoms with van der Waals surface area (Å²) in [5.41, 5.74) is 4.02. The molecular formula is C34H42N2O7. The number of aliphatic hydroxyl groups is 1. The van der Waals surface area contributed by atoms with Crippen LogP contribution in [0, 0.1) is 5.92 Å². The van der Waals surface area contributed by atoms with E-state index in [9.17, 15) is 9.90 Å². The van der Waals surface area contributed by atoms with Crippen LogP contribution in [0.15, 0.2) is 72.8 Å². The van der Waals surface area contributed by atoms with Crippen LogP contribution in [0.5, 0.6) is 11.5 Å². The second kappa shape index (κ2) is 15.1. The van der Waals surface area contributed by atoms with Crippen molar-refractivity contribution >= 4 is 11.8 Å². The summed E-state index contributed by atoms with van der Waals surface area (Å²) in [6.07, 6.45) is 0.150. The number of piperidine rings is 1. The van der Waals surface area contributed by atoms with Gasteiger partial charge in [0, 0.05) is 45.2 Å². The van der Waals surface area contributed by atoms with Crippen LogP contribution in [0.2, 0.25) is 0 Å². The number of carbonyl (C=O) groups is 1. The highest BCUT2D eigenvalue weighted by molar-refractivity contribution is 5.68. The maximum absolute atomic E-state index is 13.2. The normalized spacial score (nSPS) is 19.8. The van der Waals surface area contributed by atoms with Gasteiger partial charge in [-0.25, -0.2) is 4.79 Å². The van der Waals surface area contributed by atoms with Crippen LogP contribution in [0.4, 0.5) is 10.5 Å². The first kappa shape index (κ1) is 30.7. The molecule has 0 bridgehead atoms. The number of likely N-dealkylation sites (tertiary alicyclic amines) is 1. The molecule has 9 heteroatoms. The van der Waals surface area contributed by atoms with Gasteiger partial charge in [-0.05, 0) is 47.4 Å². The minimum atomic E-state index is -0.415. The number of hydrogen-bond acceptors (Lipinski definition) is 8. The third-order valence-corrected chi connectivity index (χ3v) is 8.19. The number of benzene rings is 3. The summed E-state index contributed by atoms with van der Waals surface area (Å²) < 4.78 is 28.8. The molecule has 230 valence electrons. The maximum Gasteiger partial charge on any atom is 0.410 e. The molecule has 0 saturated carbocycles. The quantitative estimate of drug-likeness (QED) is 0.299. The Hall–Kier alpha value is -3.79. The second-order valence-corrected chi connectivity index (χ2v) is 11.0. The average Bonchev–Trinajstić information content (AvgIpc) is 3.06. The molecule has 43 heavy (non-hydrogen) atoms. The van der Waals surface area contributed by atoms with E-state index < -0.39 is 6.09 Å². The van der Waals surface area contributed by atoms with Gasteiger partial charge < -0.3 is 38.6 Å². The Morgan fingerprint density at radius 2 is 1.79 bits per heavy atom. The summed E-state index contributed by atoms with van der Waals surface area (Å²) in [7, 11) is 3.36. The molecule has 3 atom stereocenters. The molecule has 1 N–H and O–H groups in total. The number of nitrogens with zero attached hydrogens (tertiary/aromatic N) is 2. The predicted molar refractivity (Wildman–Crippen MR) is 164 cm³/mol. The summed E-state index contributed by atoms with van der Waals surface area (Å²) in [6, 6.07) is 23.6. The highest BCUT2D eigenvalue weighted by Gasteiger charge is 2.40. The number of methoxy groups -OCH3 is 2. The van der Waals surface area contributed by atoms with Crippen molar-refractivity contribution in [2.75, 3.05) is 65.1 Å². The summed E-state index contributed by atoms with van der Waals surface area (Å²) in [4.78, 5) is 17.2. The molecule has 0 aromatic heterocycles. The van der Waals surface area contributed by atoms with Crippen molar-refractivity contribution < 1.29 is 33.6 Å². The van der Waals surface area contributed by atoms with E-state index in [1.165, 1.54) is 0 Å². The third kappa shape index (κ3) is 7.79. The van der Waals surface area contributed by atoms with E-state index >= 15 is 0 Å². The van der Waals surface area contributed by atoms with Gasteiger partial charge in [-0.3, -0.25) is 0 Å². The van der Waals surface area contributed by atoms with Gasteiger partial charge in [0.05, 0.1) is 38.6 Å². The van der Waals surface area contributed by atoms with Gasteiger partial charge >= 0.3 is 6.09 Å². The van der Waals surface area contributed by atoms with Gasteiger partial charge in [-0.15, -0.1) is 0 Å². The fourth-order valence-corrected chi connectivity index (χ4v) is 5.95. The van der Waals surface area contributed by atoms with Crippen LogP contribution in [-0.4, -0.2) is 82.4 Å². The Labute approximate surface area is 253 Å². The lowest BCUT2D eigenvalue weighted by Gasteiger charge is -2.43. The Bertz CT molecular complexity index is 1300. The van der Waals surface area contributed by atoms with Crippen LogP contribution in [0.3, 0.4) is 0 Å². The molecule has 0 radical (unpaired) electrons. The van der Waals surface area contributed by atoms with Gasteiger partial charge in [0.2, 0.25) is 0 Å². The van der Waals surface area contributed by atoms with Crippen molar-refractivity contribution in [3.63, 3.8) is 0 Å². The summed E-state index contributed by atoms with van der Waals surface area (Å²) in [5.74, 6) is 1.27. The monoisotopic (exact) mass is 590 g/mol. The summed E-state index contributed by atoms with van der Waals surface area (Å²) >= 11 is 0. The molecule has 3 aromatic rings. The molecule has 0 spiro atoms. The van der Waals surface area contributed by atoms with E-state index in [0.717, 1.165) is 53.4 Å². The minimum absolute atomic E-state index is 0.0916. The van der Waals surface area contributed by atoms with Crippen molar-refractivity contribution in [3.8, 4) is 11.5 Å². The minimum Gasteiger partial charge on any atom is -0.497 e. The zero-order valence-corrected chi connectivity index (χ0v) is 25.0. The molecule has 2 heterocycles. The van der Waals surface area contributed by atoms with Crippen LogP contribution < -0.4 is 14.4 Å². The number of rotatable bonds is 12. The number of hydrogen-bond donors (Lipinski definition) is 1. The highest BCUT2D eigenvalue weighted by atomic mass is 16.6. The molecule has 2 aliphatic heterocycles. The maximum atomic E-state index is 13.2. The topological polar surface area (TPSA) is 89.9 Å². The molecule has 1 fully saturated rings. The van der Waals surface area contributed by atoms with E-state index in [2.05, 4.69) is 11.0 Å². The standard InChI is InChI=1S/C34H42N2O7/c1-39-17-6-15-35-16-18-41-31-14-9-26(19-30(31)35)24-42-32-21-36(34(38)43-23-25-7-4-3-5-8-25)20-28(22-37)33(32)27-10-12-29(40-2)13-11-27/h3-5,7-14,19,28,32-33,37H,6,15-18,20-24H2,1-2H3/t28-,32-,33-/m0/s1. The van der Waals surface area contributed by atoms with Crippen LogP contribution in [-0.2, 0) is 27.4 Å². The predicted octanol–water partition coefficient (Wildman–Crippen LogP) is 4.86. The van der Waals surface area contributed by atoms with Gasteiger partial charge in [-0.1, -0.05) is 48.5 Å². The van der Waals surface area contributed by atoms with Crippen molar-refractivity contribution in [3.05, 3.63) is 89.5 Å². The largest absolute Gasteiger partial charge is 0.497 e. The van der Waals surface area contributed by atoms with Crippen LogP contribution in [0.25, 0.3) is 0 Å². The molecule has 5 rings (SSSR count). The number of carbonyl (C=O) groups excluding carboxylic acids is 1. The van der Waals surface area contributed by atoms with Crippen molar-refractivity contribution in [1.82, 2.24) is 4.90 Å². The molecule has 9 nitrogen and oxygen atoms in total. The van der Waals surface area contributed by atoms with E-state index in [4.69, 9.17) is 23.7 Å². The van der Waals surface area contributed by atoms with Gasteiger partial charge in [0.1, 0.15) is 24.7 Å². The van der Waals surface area contributed by atoms with Gasteiger partial charge in [-0.2, -0.15) is 0 Å². The average molecular weight is 591 g/mol. The Morgan fingerprint density at radius 1 is 0.977 bits per heavy atom. The fourth-order valence-electron chi connectivity index (χ4n) is 5.95. The molecule has 2 aliphatic rings. The summed E-state index contributed by atoms with van der Waals surface area (Å²) in [5, 5.41) is 10.5. The first-order chi connectivity index (χ1) is 21.1. The Balaban J connectivity index is 1.34. The zero-order chi connectivity index (χ0) is 30.0. The van der Waals surface area contributed by atoms with Gasteiger partial charge in [0.25, 0.3) is 0 Å². The number of fused-ring (bicyclic) bond motifs is 1. The molecule has 0 aliphatic carbocycles. The second-order valence-electron chi connectivity index (χ2n) is 11.0. The number of ether oxygens (including phenoxy) is 5. The number of aliphatic hydroxyl groups excluding tert-OH is 1. The molecule has 0 unspecified atom stereocenters.